The van der Waals surface area contributed by atoms with E-state index in [2.05, 4.69) is 19.2 Å². The Kier molecular flexibility index (Phi) is 5.53. The molecule has 0 bridgehead atoms. The Morgan fingerprint density at radius 1 is 1.29 bits per heavy atom. The van der Waals surface area contributed by atoms with Crippen molar-refractivity contribution in [1.82, 2.24) is 0 Å². The van der Waals surface area contributed by atoms with Gasteiger partial charge in [-0.2, -0.15) is 0 Å². The van der Waals surface area contributed by atoms with Crippen LogP contribution in [0.25, 0.3) is 0 Å². The van der Waals surface area contributed by atoms with Crippen molar-refractivity contribution in [2.24, 2.45) is 5.92 Å². The molecule has 0 saturated heterocycles. The molecule has 0 heterocycles. The van der Waals surface area contributed by atoms with Crippen molar-refractivity contribution >= 4 is 11.7 Å². The number of esters is 1. The predicted octanol–water partition coefficient (Wildman–Crippen LogP) is 3.32. The van der Waals surface area contributed by atoms with Crippen molar-refractivity contribution < 1.29 is 9.53 Å². The number of ether oxygens (including phenoxy) is 1. The zero-order chi connectivity index (χ0) is 12.7. The van der Waals surface area contributed by atoms with Gasteiger partial charge in [0.15, 0.2) is 0 Å². The zero-order valence-corrected chi connectivity index (χ0v) is 10.8. The van der Waals surface area contributed by atoms with Gasteiger partial charge in [-0.25, -0.2) is 4.79 Å². The van der Waals surface area contributed by atoms with Crippen LogP contribution in [0.4, 0.5) is 5.69 Å². The molecule has 0 aromatic heterocycles. The Morgan fingerprint density at radius 3 is 2.47 bits per heavy atom. The Hall–Kier alpha value is -1.51. The minimum atomic E-state index is -0.263. The maximum Gasteiger partial charge on any atom is 0.338 e. The van der Waals surface area contributed by atoms with E-state index in [0.29, 0.717) is 18.1 Å². The maximum atomic E-state index is 11.4. The molecule has 0 aliphatic heterocycles. The van der Waals surface area contributed by atoms with Crippen LogP contribution >= 0.6 is 0 Å². The molecule has 0 fully saturated rings. The number of anilines is 1. The van der Waals surface area contributed by atoms with Crippen LogP contribution in [-0.2, 0) is 4.74 Å². The lowest BCUT2D eigenvalue weighted by molar-refractivity contribution is 0.0526. The Morgan fingerprint density at radius 2 is 1.94 bits per heavy atom. The fourth-order valence-corrected chi connectivity index (χ4v) is 1.38. The fraction of sp³-hybridized carbons (Fsp3) is 0.500. The molecule has 1 N–H and O–H groups in total. The smallest absolute Gasteiger partial charge is 0.338 e. The molecule has 1 aromatic carbocycles. The number of carbonyl (C=O) groups excluding carboxylic acids is 1. The van der Waals surface area contributed by atoms with Crippen LogP contribution in [0.2, 0.25) is 0 Å². The molecule has 0 radical (unpaired) electrons. The van der Waals surface area contributed by atoms with Gasteiger partial charge in [-0.3, -0.25) is 0 Å². The Labute approximate surface area is 103 Å². The lowest BCUT2D eigenvalue weighted by Gasteiger charge is -2.11. The molecule has 0 spiro atoms. The number of rotatable bonds is 6. The second-order valence-electron chi connectivity index (χ2n) is 4.19. The first-order chi connectivity index (χ1) is 8.17. The molecular formula is C14H21NO2. The van der Waals surface area contributed by atoms with Crippen molar-refractivity contribution in [3.8, 4) is 0 Å². The van der Waals surface area contributed by atoms with Crippen molar-refractivity contribution in [3.63, 3.8) is 0 Å². The van der Waals surface area contributed by atoms with Gasteiger partial charge in [-0.05, 0) is 37.1 Å². The third-order valence-corrected chi connectivity index (χ3v) is 2.75. The largest absolute Gasteiger partial charge is 0.462 e. The Balaban J connectivity index is 2.53. The van der Waals surface area contributed by atoms with Crippen LogP contribution in [0, 0.1) is 5.92 Å². The van der Waals surface area contributed by atoms with Gasteiger partial charge in [0.2, 0.25) is 0 Å². The normalized spacial score (nSPS) is 11.9. The molecule has 0 aliphatic rings. The van der Waals surface area contributed by atoms with Crippen molar-refractivity contribution in [2.75, 3.05) is 18.5 Å². The summed E-state index contributed by atoms with van der Waals surface area (Å²) in [4.78, 5) is 11.4. The lowest BCUT2D eigenvalue weighted by Crippen LogP contribution is -2.10. The van der Waals surface area contributed by atoms with Gasteiger partial charge in [0.1, 0.15) is 0 Å². The first kappa shape index (κ1) is 13.6. The van der Waals surface area contributed by atoms with E-state index in [1.807, 2.05) is 12.1 Å². The summed E-state index contributed by atoms with van der Waals surface area (Å²) in [6.07, 6.45) is 1.16. The van der Waals surface area contributed by atoms with Gasteiger partial charge >= 0.3 is 5.97 Å². The van der Waals surface area contributed by atoms with Gasteiger partial charge in [0.05, 0.1) is 12.2 Å². The summed E-state index contributed by atoms with van der Waals surface area (Å²) >= 11 is 0. The van der Waals surface area contributed by atoms with Gasteiger partial charge in [-0.1, -0.05) is 20.3 Å². The minimum Gasteiger partial charge on any atom is -0.462 e. The van der Waals surface area contributed by atoms with E-state index in [4.69, 9.17) is 4.74 Å². The van der Waals surface area contributed by atoms with Crippen molar-refractivity contribution in [2.45, 2.75) is 27.2 Å². The molecular weight excluding hydrogens is 214 g/mol. The quantitative estimate of drug-likeness (QED) is 0.769. The molecule has 3 nitrogen and oxygen atoms in total. The maximum absolute atomic E-state index is 11.4. The first-order valence-corrected chi connectivity index (χ1v) is 6.18. The van der Waals surface area contributed by atoms with E-state index in [0.717, 1.165) is 18.7 Å². The van der Waals surface area contributed by atoms with E-state index in [9.17, 15) is 4.79 Å². The topological polar surface area (TPSA) is 38.3 Å². The number of hydrogen-bond donors (Lipinski definition) is 1. The number of carbonyl (C=O) groups is 1. The van der Waals surface area contributed by atoms with E-state index in [1.54, 1.807) is 19.1 Å². The zero-order valence-electron chi connectivity index (χ0n) is 10.8. The standard InChI is InChI=1S/C14H21NO2/c1-4-11(3)10-15-13-8-6-12(7-9-13)14(16)17-5-2/h6-9,11,15H,4-5,10H2,1-3H3. The third-order valence-electron chi connectivity index (χ3n) is 2.75. The number of hydrogen-bond acceptors (Lipinski definition) is 3. The van der Waals surface area contributed by atoms with Gasteiger partial charge in [-0.15, -0.1) is 0 Å². The molecule has 3 heteroatoms. The van der Waals surface area contributed by atoms with Crippen LogP contribution in [0.15, 0.2) is 24.3 Å². The molecule has 94 valence electrons. The lowest BCUT2D eigenvalue weighted by atomic mass is 10.1. The summed E-state index contributed by atoms with van der Waals surface area (Å²) in [6.45, 7) is 7.55. The van der Waals surface area contributed by atoms with Crippen LogP contribution in [0.1, 0.15) is 37.6 Å². The number of nitrogens with one attached hydrogen (secondary N) is 1. The summed E-state index contributed by atoms with van der Waals surface area (Å²) in [5, 5.41) is 3.34. The molecule has 0 aliphatic carbocycles. The van der Waals surface area contributed by atoms with E-state index in [-0.39, 0.29) is 5.97 Å². The number of benzene rings is 1. The monoisotopic (exact) mass is 235 g/mol. The van der Waals surface area contributed by atoms with Gasteiger partial charge in [0.25, 0.3) is 0 Å². The molecule has 0 saturated carbocycles. The third kappa shape index (κ3) is 4.47. The van der Waals surface area contributed by atoms with E-state index < -0.39 is 0 Å². The molecule has 17 heavy (non-hydrogen) atoms. The van der Waals surface area contributed by atoms with Crippen LogP contribution in [0.3, 0.4) is 0 Å². The average Bonchev–Trinajstić information content (AvgIpc) is 2.36. The van der Waals surface area contributed by atoms with Crippen LogP contribution in [0.5, 0.6) is 0 Å². The average molecular weight is 235 g/mol. The van der Waals surface area contributed by atoms with Gasteiger partial charge < -0.3 is 10.1 Å². The SMILES string of the molecule is CCOC(=O)c1ccc(NCC(C)CC)cc1. The van der Waals surface area contributed by atoms with Crippen LogP contribution < -0.4 is 5.32 Å². The van der Waals surface area contributed by atoms with Crippen molar-refractivity contribution in [1.29, 1.82) is 0 Å². The van der Waals surface area contributed by atoms with Crippen molar-refractivity contribution in [3.05, 3.63) is 29.8 Å². The predicted molar refractivity (Wildman–Crippen MR) is 70.3 cm³/mol. The molecule has 1 rings (SSSR count). The van der Waals surface area contributed by atoms with E-state index in [1.165, 1.54) is 0 Å². The molecule has 1 atom stereocenters. The van der Waals surface area contributed by atoms with Crippen LogP contribution in [-0.4, -0.2) is 19.1 Å². The second-order valence-corrected chi connectivity index (χ2v) is 4.19. The highest BCUT2D eigenvalue weighted by molar-refractivity contribution is 5.89. The summed E-state index contributed by atoms with van der Waals surface area (Å²) in [5.74, 6) is 0.390. The molecule has 1 aromatic rings. The highest BCUT2D eigenvalue weighted by Crippen LogP contribution is 2.12. The highest BCUT2D eigenvalue weighted by atomic mass is 16.5. The fourth-order valence-electron chi connectivity index (χ4n) is 1.38. The molecule has 0 amide bonds. The Bertz CT molecular complexity index is 346. The first-order valence-electron chi connectivity index (χ1n) is 6.18. The minimum absolute atomic E-state index is 0.263. The summed E-state index contributed by atoms with van der Waals surface area (Å²) in [6, 6.07) is 7.40. The van der Waals surface area contributed by atoms with Gasteiger partial charge in [0, 0.05) is 12.2 Å². The molecule has 1 unspecified atom stereocenters. The highest BCUT2D eigenvalue weighted by Gasteiger charge is 2.05. The summed E-state index contributed by atoms with van der Waals surface area (Å²) < 4.78 is 4.92. The summed E-state index contributed by atoms with van der Waals surface area (Å²) in [7, 11) is 0. The van der Waals surface area contributed by atoms with E-state index >= 15 is 0 Å². The second kappa shape index (κ2) is 6.94. The summed E-state index contributed by atoms with van der Waals surface area (Å²) in [5.41, 5.74) is 1.64.